The number of carbonyl (C=O) groups is 2. The minimum atomic E-state index is -0.118. The number of anilines is 2. The van der Waals surface area contributed by atoms with Crippen LogP contribution in [-0.2, 0) is 13.0 Å². The van der Waals surface area contributed by atoms with Crippen LogP contribution in [0.2, 0.25) is 0 Å². The summed E-state index contributed by atoms with van der Waals surface area (Å²) < 4.78 is 0. The number of Topliss-reactive ketones (excluding diaryl/α,β-unsaturated/α-hetero) is 1. The fourth-order valence-corrected chi connectivity index (χ4v) is 3.31. The van der Waals surface area contributed by atoms with Crippen LogP contribution in [0.5, 0.6) is 0 Å². The third-order valence-corrected chi connectivity index (χ3v) is 4.84. The number of carbonyl (C=O) groups excluding carboxylic acids is 2. The lowest BCUT2D eigenvalue weighted by Crippen LogP contribution is -2.36. The molecule has 2 heterocycles. The van der Waals surface area contributed by atoms with Crippen LogP contribution in [0.1, 0.15) is 38.9 Å². The minimum Gasteiger partial charge on any atom is -0.339 e. The van der Waals surface area contributed by atoms with Gasteiger partial charge >= 0.3 is 0 Å². The summed E-state index contributed by atoms with van der Waals surface area (Å²) in [4.78, 5) is 26.1. The summed E-state index contributed by atoms with van der Waals surface area (Å²) in [6, 6.07) is 18.8. The Morgan fingerprint density at radius 1 is 0.964 bits per heavy atom. The van der Waals surface area contributed by atoms with Gasteiger partial charge in [0.25, 0.3) is 5.91 Å². The molecule has 0 unspecified atom stereocenters. The molecular weight excluding hydrogens is 352 g/mol. The van der Waals surface area contributed by atoms with Crippen LogP contribution in [0.25, 0.3) is 0 Å². The normalized spacial score (nSPS) is 13.0. The summed E-state index contributed by atoms with van der Waals surface area (Å²) in [5.41, 5.74) is 4.16. The number of hydrogen-bond acceptors (Lipinski definition) is 5. The van der Waals surface area contributed by atoms with Crippen molar-refractivity contribution in [3.8, 4) is 0 Å². The summed E-state index contributed by atoms with van der Waals surface area (Å²) in [7, 11) is 0. The molecule has 1 amide bonds. The topological polar surface area (TPSA) is 75.2 Å². The summed E-state index contributed by atoms with van der Waals surface area (Å²) in [6.45, 7) is 2.79. The van der Waals surface area contributed by atoms with Crippen molar-refractivity contribution >= 4 is 23.2 Å². The van der Waals surface area contributed by atoms with Crippen molar-refractivity contribution in [1.82, 2.24) is 15.1 Å². The largest absolute Gasteiger partial charge is 0.339 e. The average Bonchev–Trinajstić information content (AvgIpc) is 2.73. The van der Waals surface area contributed by atoms with E-state index in [0.717, 1.165) is 12.1 Å². The highest BCUT2D eigenvalue weighted by Crippen LogP contribution is 2.20. The fraction of sp³-hybridized carbons (Fsp3) is 0.182. The second kappa shape index (κ2) is 7.60. The third-order valence-electron chi connectivity index (χ3n) is 4.84. The molecule has 0 saturated carbocycles. The molecule has 1 N–H and O–H groups in total. The minimum absolute atomic E-state index is 0.00113. The molecule has 0 saturated heterocycles. The third kappa shape index (κ3) is 3.76. The molecule has 4 rings (SSSR count). The SMILES string of the molecule is CC(=O)c1cccc(Nc2ccc(C(=O)N3CCc4ccccc4C3)nn2)c1. The van der Waals surface area contributed by atoms with Crippen LogP contribution in [-0.4, -0.2) is 33.3 Å². The molecule has 3 aromatic rings. The number of amides is 1. The van der Waals surface area contributed by atoms with Crippen LogP contribution in [0.3, 0.4) is 0 Å². The quantitative estimate of drug-likeness (QED) is 0.708. The maximum atomic E-state index is 12.8. The maximum absolute atomic E-state index is 12.8. The fourth-order valence-electron chi connectivity index (χ4n) is 3.31. The van der Waals surface area contributed by atoms with Gasteiger partial charge in [0.1, 0.15) is 0 Å². The van der Waals surface area contributed by atoms with E-state index in [9.17, 15) is 9.59 Å². The van der Waals surface area contributed by atoms with Crippen LogP contribution < -0.4 is 5.32 Å². The van der Waals surface area contributed by atoms with Gasteiger partial charge in [-0.3, -0.25) is 9.59 Å². The molecule has 6 nitrogen and oxygen atoms in total. The Morgan fingerprint density at radius 2 is 1.79 bits per heavy atom. The molecular formula is C22H20N4O2. The van der Waals surface area contributed by atoms with Crippen molar-refractivity contribution in [1.29, 1.82) is 0 Å². The predicted octanol–water partition coefficient (Wildman–Crippen LogP) is 3.62. The van der Waals surface area contributed by atoms with E-state index in [2.05, 4.69) is 27.6 Å². The van der Waals surface area contributed by atoms with Crippen LogP contribution >= 0.6 is 0 Å². The van der Waals surface area contributed by atoms with Crippen molar-refractivity contribution in [3.63, 3.8) is 0 Å². The van der Waals surface area contributed by atoms with Gasteiger partial charge in [0.05, 0.1) is 0 Å². The number of rotatable bonds is 4. The number of ketones is 1. The molecule has 0 fully saturated rings. The van der Waals surface area contributed by atoms with Gasteiger partial charge in [0, 0.05) is 24.3 Å². The van der Waals surface area contributed by atoms with Crippen LogP contribution in [0, 0.1) is 0 Å². The van der Waals surface area contributed by atoms with E-state index in [4.69, 9.17) is 0 Å². The first-order valence-electron chi connectivity index (χ1n) is 9.18. The van der Waals surface area contributed by atoms with Crippen molar-refractivity contribution < 1.29 is 9.59 Å². The molecule has 140 valence electrons. The highest BCUT2D eigenvalue weighted by Gasteiger charge is 2.22. The molecule has 0 bridgehead atoms. The Labute approximate surface area is 163 Å². The number of aromatic nitrogens is 2. The second-order valence-corrected chi connectivity index (χ2v) is 6.81. The van der Waals surface area contributed by atoms with E-state index < -0.39 is 0 Å². The Hall–Kier alpha value is -3.54. The van der Waals surface area contributed by atoms with Crippen molar-refractivity contribution in [2.75, 3.05) is 11.9 Å². The number of benzene rings is 2. The average molecular weight is 372 g/mol. The number of fused-ring (bicyclic) bond motifs is 1. The molecule has 0 radical (unpaired) electrons. The lowest BCUT2D eigenvalue weighted by molar-refractivity contribution is 0.0727. The maximum Gasteiger partial charge on any atom is 0.274 e. The summed E-state index contributed by atoms with van der Waals surface area (Å²) in [5.74, 6) is 0.396. The molecule has 1 aliphatic rings. The lowest BCUT2D eigenvalue weighted by Gasteiger charge is -2.28. The van der Waals surface area contributed by atoms with E-state index in [1.165, 1.54) is 18.1 Å². The van der Waals surface area contributed by atoms with Crippen molar-refractivity contribution in [3.05, 3.63) is 83.0 Å². The smallest absolute Gasteiger partial charge is 0.274 e. The van der Waals surface area contributed by atoms with Gasteiger partial charge in [-0.15, -0.1) is 10.2 Å². The van der Waals surface area contributed by atoms with E-state index in [1.54, 1.807) is 35.2 Å². The number of nitrogens with zero attached hydrogens (tertiary/aromatic N) is 3. The molecule has 0 atom stereocenters. The van der Waals surface area contributed by atoms with Gasteiger partial charge in [-0.05, 0) is 48.7 Å². The standard InChI is InChI=1S/C22H20N4O2/c1-15(27)17-7-4-8-19(13-17)23-21-10-9-20(24-25-21)22(28)26-12-11-16-5-2-3-6-18(16)14-26/h2-10,13H,11-12,14H2,1H3,(H,23,25). The Kier molecular flexibility index (Phi) is 4.85. The van der Waals surface area contributed by atoms with Gasteiger partial charge in [0.15, 0.2) is 17.3 Å². The molecule has 0 spiro atoms. The summed E-state index contributed by atoms with van der Waals surface area (Å²) >= 11 is 0. The first-order valence-corrected chi connectivity index (χ1v) is 9.18. The molecule has 28 heavy (non-hydrogen) atoms. The Bertz CT molecular complexity index is 1030. The van der Waals surface area contributed by atoms with E-state index in [1.807, 2.05) is 18.2 Å². The van der Waals surface area contributed by atoms with Crippen molar-refractivity contribution in [2.45, 2.75) is 19.9 Å². The zero-order valence-electron chi connectivity index (χ0n) is 15.6. The summed E-state index contributed by atoms with van der Waals surface area (Å²) in [6.07, 6.45) is 0.849. The monoisotopic (exact) mass is 372 g/mol. The molecule has 6 heteroatoms. The van der Waals surface area contributed by atoms with Gasteiger partial charge in [-0.25, -0.2) is 0 Å². The first-order chi connectivity index (χ1) is 13.6. The van der Waals surface area contributed by atoms with E-state index >= 15 is 0 Å². The highest BCUT2D eigenvalue weighted by molar-refractivity contribution is 5.95. The molecule has 1 aromatic heterocycles. The van der Waals surface area contributed by atoms with E-state index in [0.29, 0.717) is 30.2 Å². The predicted molar refractivity (Wildman–Crippen MR) is 107 cm³/mol. The van der Waals surface area contributed by atoms with Crippen molar-refractivity contribution in [2.24, 2.45) is 0 Å². The first kappa shape index (κ1) is 17.9. The van der Waals surface area contributed by atoms with Gasteiger partial charge in [0.2, 0.25) is 0 Å². The highest BCUT2D eigenvalue weighted by atomic mass is 16.2. The van der Waals surface area contributed by atoms with E-state index in [-0.39, 0.29) is 11.7 Å². The van der Waals surface area contributed by atoms with Crippen LogP contribution in [0.4, 0.5) is 11.5 Å². The molecule has 1 aliphatic heterocycles. The summed E-state index contributed by atoms with van der Waals surface area (Å²) in [5, 5.41) is 11.3. The second-order valence-electron chi connectivity index (χ2n) is 6.81. The number of hydrogen-bond donors (Lipinski definition) is 1. The van der Waals surface area contributed by atoms with Crippen LogP contribution in [0.15, 0.2) is 60.7 Å². The zero-order chi connectivity index (χ0) is 19.5. The Balaban J connectivity index is 1.45. The number of nitrogens with one attached hydrogen (secondary N) is 1. The Morgan fingerprint density at radius 3 is 2.54 bits per heavy atom. The van der Waals surface area contributed by atoms with Gasteiger partial charge < -0.3 is 10.2 Å². The van der Waals surface area contributed by atoms with Gasteiger partial charge in [-0.2, -0.15) is 0 Å². The molecule has 2 aromatic carbocycles. The zero-order valence-corrected chi connectivity index (χ0v) is 15.6. The molecule has 0 aliphatic carbocycles. The lowest BCUT2D eigenvalue weighted by atomic mass is 10.00. The van der Waals surface area contributed by atoms with Gasteiger partial charge in [-0.1, -0.05) is 36.4 Å².